The van der Waals surface area contributed by atoms with Gasteiger partial charge in [-0.15, -0.1) is 0 Å². The molecule has 0 saturated heterocycles. The number of carbonyl (C=O) groups excluding carboxylic acids is 2. The molecule has 0 atom stereocenters. The molecule has 2 aromatic carbocycles. The lowest BCUT2D eigenvalue weighted by atomic mass is 10.2. The van der Waals surface area contributed by atoms with Crippen molar-refractivity contribution in [3.8, 4) is 17.2 Å². The zero-order valence-corrected chi connectivity index (χ0v) is 14.7. The Labute approximate surface area is 156 Å². The minimum Gasteiger partial charge on any atom is -0.493 e. The van der Waals surface area contributed by atoms with Crippen LogP contribution in [0.1, 0.15) is 22.8 Å². The lowest BCUT2D eigenvalue weighted by Crippen LogP contribution is -2.34. The quantitative estimate of drug-likeness (QED) is 0.572. The second kappa shape index (κ2) is 8.70. The molecule has 0 unspecified atom stereocenters. The van der Waals surface area contributed by atoms with E-state index in [2.05, 4.69) is 15.8 Å². The van der Waals surface area contributed by atoms with Crippen LogP contribution >= 0.6 is 0 Å². The number of hydrogen-bond donors (Lipinski definition) is 2. The smallest absolute Gasteiger partial charge is 0.259 e. The summed E-state index contributed by atoms with van der Waals surface area (Å²) < 4.78 is 15.9. The highest BCUT2D eigenvalue weighted by Gasteiger charge is 2.16. The lowest BCUT2D eigenvalue weighted by Gasteiger charge is -2.06. The van der Waals surface area contributed by atoms with Gasteiger partial charge in [-0.2, -0.15) is 5.10 Å². The minimum atomic E-state index is -0.450. The molecule has 27 heavy (non-hydrogen) atoms. The van der Waals surface area contributed by atoms with Gasteiger partial charge in [-0.1, -0.05) is 12.1 Å². The summed E-state index contributed by atoms with van der Waals surface area (Å²) in [6.07, 6.45) is 1.49. The molecule has 0 spiro atoms. The molecule has 2 N–H and O–H groups in total. The van der Waals surface area contributed by atoms with Gasteiger partial charge >= 0.3 is 0 Å². The second-order valence-corrected chi connectivity index (χ2v) is 5.51. The first-order valence-electron chi connectivity index (χ1n) is 8.39. The minimum absolute atomic E-state index is 0.132. The average molecular weight is 369 g/mol. The van der Waals surface area contributed by atoms with Gasteiger partial charge in [0, 0.05) is 11.1 Å². The molecule has 0 aliphatic carbocycles. The molecule has 0 fully saturated rings. The fourth-order valence-electron chi connectivity index (χ4n) is 2.39. The van der Waals surface area contributed by atoms with E-state index >= 15 is 0 Å². The summed E-state index contributed by atoms with van der Waals surface area (Å²) in [7, 11) is 0. The first kappa shape index (κ1) is 18.2. The van der Waals surface area contributed by atoms with E-state index in [9.17, 15) is 9.59 Å². The van der Waals surface area contributed by atoms with Gasteiger partial charge in [0.15, 0.2) is 11.5 Å². The number of rotatable bonds is 7. The van der Waals surface area contributed by atoms with Gasteiger partial charge in [-0.05, 0) is 37.3 Å². The molecular weight excluding hydrogens is 350 g/mol. The molecule has 1 heterocycles. The van der Waals surface area contributed by atoms with Gasteiger partial charge in [-0.3, -0.25) is 9.59 Å². The summed E-state index contributed by atoms with van der Waals surface area (Å²) in [6, 6.07) is 12.2. The molecule has 0 bridgehead atoms. The van der Waals surface area contributed by atoms with Crippen molar-refractivity contribution in [1.82, 2.24) is 10.7 Å². The number of ether oxygens (including phenoxy) is 3. The monoisotopic (exact) mass is 369 g/mol. The van der Waals surface area contributed by atoms with E-state index in [-0.39, 0.29) is 13.3 Å². The van der Waals surface area contributed by atoms with E-state index in [1.807, 2.05) is 31.2 Å². The fraction of sp³-hybridized carbons (Fsp3) is 0.211. The highest BCUT2D eigenvalue weighted by molar-refractivity contribution is 5.97. The standard InChI is InChI=1S/C19H19N3O5/c1-2-25-15-6-4-3-5-14(15)10-21-22-18(23)11-20-19(24)13-7-8-16-17(9-13)27-12-26-16/h3-10H,2,11-12H2,1H3,(H,20,24)(H,22,23). The van der Waals surface area contributed by atoms with Crippen LogP contribution in [0.25, 0.3) is 0 Å². The Morgan fingerprint density at radius 2 is 2.00 bits per heavy atom. The third-order valence-electron chi connectivity index (χ3n) is 3.66. The summed E-state index contributed by atoms with van der Waals surface area (Å²) in [5.41, 5.74) is 3.48. The molecule has 3 rings (SSSR count). The molecule has 2 aromatic rings. The second-order valence-electron chi connectivity index (χ2n) is 5.51. The van der Waals surface area contributed by atoms with E-state index in [0.29, 0.717) is 29.4 Å². The summed E-state index contributed by atoms with van der Waals surface area (Å²) in [6.45, 7) is 2.34. The van der Waals surface area contributed by atoms with E-state index < -0.39 is 11.8 Å². The van der Waals surface area contributed by atoms with Crippen molar-refractivity contribution < 1.29 is 23.8 Å². The maximum atomic E-state index is 12.1. The number of nitrogens with zero attached hydrogens (tertiary/aromatic N) is 1. The Hall–Kier alpha value is -3.55. The van der Waals surface area contributed by atoms with Gasteiger partial charge in [0.05, 0.1) is 19.4 Å². The molecule has 0 radical (unpaired) electrons. The van der Waals surface area contributed by atoms with E-state index in [1.54, 1.807) is 18.2 Å². The van der Waals surface area contributed by atoms with Gasteiger partial charge in [-0.25, -0.2) is 5.43 Å². The van der Waals surface area contributed by atoms with Crippen LogP contribution in [0.5, 0.6) is 17.2 Å². The predicted molar refractivity (Wildman–Crippen MR) is 98.2 cm³/mol. The zero-order valence-electron chi connectivity index (χ0n) is 14.7. The van der Waals surface area contributed by atoms with Gasteiger partial charge in [0.2, 0.25) is 6.79 Å². The predicted octanol–water partition coefficient (Wildman–Crippen LogP) is 1.69. The maximum absolute atomic E-state index is 12.1. The maximum Gasteiger partial charge on any atom is 0.259 e. The molecule has 8 heteroatoms. The highest BCUT2D eigenvalue weighted by Crippen LogP contribution is 2.32. The summed E-state index contributed by atoms with van der Waals surface area (Å²) in [5.74, 6) is 0.924. The fourth-order valence-corrected chi connectivity index (χ4v) is 2.39. The molecule has 0 aromatic heterocycles. The van der Waals surface area contributed by atoms with Gasteiger partial charge in [0.1, 0.15) is 5.75 Å². The highest BCUT2D eigenvalue weighted by atomic mass is 16.7. The van der Waals surface area contributed by atoms with Gasteiger partial charge < -0.3 is 19.5 Å². The van der Waals surface area contributed by atoms with Crippen LogP contribution in [0.3, 0.4) is 0 Å². The SMILES string of the molecule is CCOc1ccccc1C=NNC(=O)CNC(=O)c1ccc2c(c1)OCO2. The lowest BCUT2D eigenvalue weighted by molar-refractivity contribution is -0.120. The Morgan fingerprint density at radius 1 is 1.19 bits per heavy atom. The van der Waals surface area contributed by atoms with Crippen molar-refractivity contribution in [2.24, 2.45) is 5.10 Å². The van der Waals surface area contributed by atoms with Crippen LogP contribution in [0, 0.1) is 0 Å². The summed E-state index contributed by atoms with van der Waals surface area (Å²) in [4.78, 5) is 24.0. The largest absolute Gasteiger partial charge is 0.493 e. The van der Waals surface area contributed by atoms with Crippen LogP contribution in [0.4, 0.5) is 0 Å². The van der Waals surface area contributed by atoms with Crippen LogP contribution in [0.15, 0.2) is 47.6 Å². The van der Waals surface area contributed by atoms with Crippen molar-refractivity contribution in [2.75, 3.05) is 19.9 Å². The van der Waals surface area contributed by atoms with Crippen molar-refractivity contribution in [3.05, 3.63) is 53.6 Å². The third kappa shape index (κ3) is 4.75. The van der Waals surface area contributed by atoms with Crippen LogP contribution in [0.2, 0.25) is 0 Å². The Kier molecular flexibility index (Phi) is 5.88. The molecular formula is C19H19N3O5. The van der Waals surface area contributed by atoms with Crippen molar-refractivity contribution >= 4 is 18.0 Å². The normalized spacial score (nSPS) is 12.0. The van der Waals surface area contributed by atoms with Crippen molar-refractivity contribution in [1.29, 1.82) is 0 Å². The van der Waals surface area contributed by atoms with Crippen LogP contribution < -0.4 is 25.0 Å². The number of carbonyl (C=O) groups is 2. The van der Waals surface area contributed by atoms with E-state index in [1.165, 1.54) is 6.21 Å². The zero-order chi connectivity index (χ0) is 19.1. The summed E-state index contributed by atoms with van der Waals surface area (Å²) >= 11 is 0. The topological polar surface area (TPSA) is 98.2 Å². The Balaban J connectivity index is 1.49. The number of hydrogen-bond acceptors (Lipinski definition) is 6. The Morgan fingerprint density at radius 3 is 2.85 bits per heavy atom. The van der Waals surface area contributed by atoms with Gasteiger partial charge in [0.25, 0.3) is 11.8 Å². The third-order valence-corrected chi connectivity index (χ3v) is 3.66. The summed E-state index contributed by atoms with van der Waals surface area (Å²) in [5, 5.41) is 6.41. The molecule has 8 nitrogen and oxygen atoms in total. The van der Waals surface area contributed by atoms with Crippen LogP contribution in [-0.2, 0) is 4.79 Å². The molecule has 2 amide bonds. The van der Waals surface area contributed by atoms with E-state index in [4.69, 9.17) is 14.2 Å². The van der Waals surface area contributed by atoms with Crippen LogP contribution in [-0.4, -0.2) is 38.0 Å². The molecule has 0 saturated carbocycles. The first-order chi connectivity index (χ1) is 13.2. The van der Waals surface area contributed by atoms with E-state index in [0.717, 1.165) is 5.56 Å². The number of amides is 2. The number of para-hydroxylation sites is 1. The number of benzene rings is 2. The molecule has 1 aliphatic rings. The number of hydrazone groups is 1. The number of fused-ring (bicyclic) bond motifs is 1. The molecule has 140 valence electrons. The number of nitrogens with one attached hydrogen (secondary N) is 2. The average Bonchev–Trinajstić information content (AvgIpc) is 3.15. The Bertz CT molecular complexity index is 866. The van der Waals surface area contributed by atoms with Crippen molar-refractivity contribution in [3.63, 3.8) is 0 Å². The molecule has 1 aliphatic heterocycles. The van der Waals surface area contributed by atoms with Crippen molar-refractivity contribution in [2.45, 2.75) is 6.92 Å². The first-order valence-corrected chi connectivity index (χ1v) is 8.39.